The minimum atomic E-state index is -2.70. The van der Waals surface area contributed by atoms with Crippen LogP contribution in [0.5, 0.6) is 0 Å². The van der Waals surface area contributed by atoms with E-state index in [0.717, 1.165) is 6.07 Å². The molecule has 6 heteroatoms. The van der Waals surface area contributed by atoms with Gasteiger partial charge in [0.15, 0.2) is 0 Å². The Hall–Kier alpha value is -1.04. The summed E-state index contributed by atoms with van der Waals surface area (Å²) in [5.74, 6) is -1.15. The fourth-order valence-electron chi connectivity index (χ4n) is 1.26. The van der Waals surface area contributed by atoms with Crippen LogP contribution in [0.1, 0.15) is 23.2 Å². The molecule has 0 bridgehead atoms. The maximum absolute atomic E-state index is 12.6. The number of pyridine rings is 1. The monoisotopic (exact) mass is 279 g/mol. The average Bonchev–Trinajstić information content (AvgIpc) is 2.08. The smallest absolute Gasteiger partial charge is 0.307 e. The first-order chi connectivity index (χ1) is 6.91. The molecular weight excluding hydrogens is 272 g/mol. The number of aromatic nitrogens is 1. The Balaban J connectivity index is 3.26. The summed E-state index contributed by atoms with van der Waals surface area (Å²) in [5, 5.41) is 8.58. The average molecular weight is 280 g/mol. The predicted molar refractivity (Wildman–Crippen MR) is 53.0 cm³/mol. The number of halogens is 3. The van der Waals surface area contributed by atoms with Crippen molar-refractivity contribution < 1.29 is 18.7 Å². The van der Waals surface area contributed by atoms with E-state index in [1.54, 1.807) is 0 Å². The van der Waals surface area contributed by atoms with E-state index in [9.17, 15) is 13.6 Å². The SMILES string of the molecule is Cc1nc(Br)cc(C(F)F)c1CC(=O)O. The third-order valence-corrected chi connectivity index (χ3v) is 2.30. The molecule has 0 aliphatic rings. The van der Waals surface area contributed by atoms with Gasteiger partial charge in [0.2, 0.25) is 0 Å². The Labute approximate surface area is 93.3 Å². The van der Waals surface area contributed by atoms with Gasteiger partial charge in [0, 0.05) is 11.3 Å². The van der Waals surface area contributed by atoms with Gasteiger partial charge in [0.1, 0.15) is 4.60 Å². The lowest BCUT2D eigenvalue weighted by Crippen LogP contribution is -2.08. The van der Waals surface area contributed by atoms with Gasteiger partial charge in [-0.15, -0.1) is 0 Å². The molecule has 0 saturated carbocycles. The number of carbonyl (C=O) groups is 1. The molecule has 1 heterocycles. The first kappa shape index (κ1) is 12.0. The number of hydrogen-bond acceptors (Lipinski definition) is 2. The van der Waals surface area contributed by atoms with Crippen LogP contribution in [-0.4, -0.2) is 16.1 Å². The topological polar surface area (TPSA) is 50.2 Å². The lowest BCUT2D eigenvalue weighted by Gasteiger charge is -2.10. The van der Waals surface area contributed by atoms with Crippen molar-refractivity contribution in [3.8, 4) is 0 Å². The Bertz CT molecular complexity index is 396. The van der Waals surface area contributed by atoms with Crippen molar-refractivity contribution in [3.63, 3.8) is 0 Å². The van der Waals surface area contributed by atoms with E-state index in [1.807, 2.05) is 0 Å². The standard InChI is InChI=1S/C9H8BrF2NO2/c1-4-5(3-8(14)15)6(9(11)12)2-7(10)13-4/h2,9H,3H2,1H3,(H,14,15). The summed E-state index contributed by atoms with van der Waals surface area (Å²) >= 11 is 2.99. The fraction of sp³-hybridized carbons (Fsp3) is 0.333. The van der Waals surface area contributed by atoms with Gasteiger partial charge >= 0.3 is 5.97 Å². The van der Waals surface area contributed by atoms with Crippen molar-refractivity contribution >= 4 is 21.9 Å². The molecule has 3 nitrogen and oxygen atoms in total. The van der Waals surface area contributed by atoms with Crippen molar-refractivity contribution in [2.75, 3.05) is 0 Å². The van der Waals surface area contributed by atoms with Gasteiger partial charge in [-0.3, -0.25) is 4.79 Å². The number of rotatable bonds is 3. The van der Waals surface area contributed by atoms with E-state index in [4.69, 9.17) is 5.11 Å². The van der Waals surface area contributed by atoms with Crippen LogP contribution in [-0.2, 0) is 11.2 Å². The summed E-state index contributed by atoms with van der Waals surface area (Å²) in [7, 11) is 0. The van der Waals surface area contributed by atoms with Gasteiger partial charge in [0.25, 0.3) is 6.43 Å². The summed E-state index contributed by atoms with van der Waals surface area (Å²) in [6, 6.07) is 1.15. The lowest BCUT2D eigenvalue weighted by molar-refractivity contribution is -0.136. The van der Waals surface area contributed by atoms with Crippen LogP contribution in [0.2, 0.25) is 0 Å². The maximum atomic E-state index is 12.6. The molecule has 0 atom stereocenters. The van der Waals surface area contributed by atoms with Crippen LogP contribution >= 0.6 is 15.9 Å². The Morgan fingerprint density at radius 1 is 1.67 bits per heavy atom. The molecule has 0 radical (unpaired) electrons. The molecule has 0 aliphatic heterocycles. The molecule has 0 fully saturated rings. The highest BCUT2D eigenvalue weighted by Crippen LogP contribution is 2.27. The summed E-state index contributed by atoms with van der Waals surface area (Å²) in [4.78, 5) is 14.4. The van der Waals surface area contributed by atoms with E-state index < -0.39 is 18.8 Å². The third kappa shape index (κ3) is 2.95. The van der Waals surface area contributed by atoms with Crippen LogP contribution in [0.15, 0.2) is 10.7 Å². The number of carboxylic acids is 1. The van der Waals surface area contributed by atoms with Crippen molar-refractivity contribution in [1.29, 1.82) is 0 Å². The molecule has 0 spiro atoms. The van der Waals surface area contributed by atoms with Gasteiger partial charge < -0.3 is 5.11 Å². The fourth-order valence-corrected chi connectivity index (χ4v) is 1.77. The van der Waals surface area contributed by atoms with Crippen LogP contribution in [0.4, 0.5) is 8.78 Å². The van der Waals surface area contributed by atoms with E-state index in [1.165, 1.54) is 6.92 Å². The van der Waals surface area contributed by atoms with Crippen LogP contribution in [0.3, 0.4) is 0 Å². The molecule has 0 aromatic carbocycles. The zero-order chi connectivity index (χ0) is 11.6. The molecule has 0 amide bonds. The molecule has 1 aromatic rings. The summed E-state index contributed by atoms with van der Waals surface area (Å²) in [6.45, 7) is 1.51. The minimum absolute atomic E-state index is 0.0840. The molecule has 1 N–H and O–H groups in total. The van der Waals surface area contributed by atoms with E-state index >= 15 is 0 Å². The normalized spacial score (nSPS) is 10.7. The van der Waals surface area contributed by atoms with Crippen molar-refractivity contribution in [2.24, 2.45) is 0 Å². The van der Waals surface area contributed by atoms with E-state index in [0.29, 0.717) is 5.69 Å². The number of nitrogens with zero attached hydrogens (tertiary/aromatic N) is 1. The Morgan fingerprint density at radius 3 is 2.73 bits per heavy atom. The second kappa shape index (κ2) is 4.65. The highest BCUT2D eigenvalue weighted by Gasteiger charge is 2.18. The van der Waals surface area contributed by atoms with E-state index in [-0.39, 0.29) is 15.7 Å². The summed E-state index contributed by atoms with van der Waals surface area (Å²) < 4.78 is 25.5. The quantitative estimate of drug-likeness (QED) is 0.866. The largest absolute Gasteiger partial charge is 0.481 e. The summed E-state index contributed by atoms with van der Waals surface area (Å²) in [5.41, 5.74) is 0.111. The summed E-state index contributed by atoms with van der Waals surface area (Å²) in [6.07, 6.45) is -3.14. The molecular formula is C9H8BrF2NO2. The van der Waals surface area contributed by atoms with Gasteiger partial charge in [-0.1, -0.05) is 0 Å². The van der Waals surface area contributed by atoms with Crippen LogP contribution in [0, 0.1) is 6.92 Å². The highest BCUT2D eigenvalue weighted by atomic mass is 79.9. The number of alkyl halides is 2. The lowest BCUT2D eigenvalue weighted by atomic mass is 10.0. The van der Waals surface area contributed by atoms with Gasteiger partial charge in [-0.2, -0.15) is 0 Å². The zero-order valence-corrected chi connectivity index (χ0v) is 9.38. The molecule has 0 unspecified atom stereocenters. The molecule has 1 rings (SSSR count). The van der Waals surface area contributed by atoms with Crippen molar-refractivity contribution in [2.45, 2.75) is 19.8 Å². The number of aryl methyl sites for hydroxylation is 1. The van der Waals surface area contributed by atoms with Gasteiger partial charge in [0.05, 0.1) is 6.42 Å². The van der Waals surface area contributed by atoms with E-state index in [2.05, 4.69) is 20.9 Å². The maximum Gasteiger partial charge on any atom is 0.307 e. The Morgan fingerprint density at radius 2 is 2.27 bits per heavy atom. The van der Waals surface area contributed by atoms with Crippen LogP contribution in [0.25, 0.3) is 0 Å². The number of hydrogen-bond donors (Lipinski definition) is 1. The van der Waals surface area contributed by atoms with Crippen molar-refractivity contribution in [3.05, 3.63) is 27.5 Å². The first-order valence-electron chi connectivity index (χ1n) is 4.07. The molecule has 1 aromatic heterocycles. The molecule has 82 valence electrons. The number of aliphatic carboxylic acids is 1. The second-order valence-corrected chi connectivity index (χ2v) is 3.78. The third-order valence-electron chi connectivity index (χ3n) is 1.90. The highest BCUT2D eigenvalue weighted by molar-refractivity contribution is 9.10. The first-order valence-corrected chi connectivity index (χ1v) is 4.87. The molecule has 15 heavy (non-hydrogen) atoms. The molecule has 0 saturated heterocycles. The van der Waals surface area contributed by atoms with Gasteiger partial charge in [-0.05, 0) is 34.5 Å². The Kier molecular flexibility index (Phi) is 3.73. The van der Waals surface area contributed by atoms with Crippen LogP contribution < -0.4 is 0 Å². The molecule has 0 aliphatic carbocycles. The zero-order valence-electron chi connectivity index (χ0n) is 7.80. The number of carboxylic acid groups (broad SMARTS) is 1. The predicted octanol–water partition coefficient (Wildman–Crippen LogP) is 2.72. The van der Waals surface area contributed by atoms with Gasteiger partial charge in [-0.25, -0.2) is 13.8 Å². The second-order valence-electron chi connectivity index (χ2n) is 2.97. The van der Waals surface area contributed by atoms with Crippen molar-refractivity contribution in [1.82, 2.24) is 4.98 Å². The minimum Gasteiger partial charge on any atom is -0.481 e.